The summed E-state index contributed by atoms with van der Waals surface area (Å²) in [6.45, 7) is 1.91. The molecule has 0 spiro atoms. The van der Waals surface area contributed by atoms with E-state index in [4.69, 9.17) is 26.4 Å². The largest absolute Gasteiger partial charge is 0.497 e. The maximum Gasteiger partial charge on any atom is 0.344 e. The van der Waals surface area contributed by atoms with Crippen molar-refractivity contribution < 1.29 is 23.8 Å². The monoisotopic (exact) mass is 429 g/mol. The first-order valence-corrected chi connectivity index (χ1v) is 10.0. The van der Waals surface area contributed by atoms with Crippen molar-refractivity contribution in [3.63, 3.8) is 0 Å². The maximum absolute atomic E-state index is 12.8. The molecule has 3 rings (SSSR count). The summed E-state index contributed by atoms with van der Waals surface area (Å²) in [7, 11) is 1.59. The average Bonchev–Trinajstić information content (AvgIpc) is 3.01. The average molecular weight is 430 g/mol. The molecule has 0 saturated carbocycles. The number of benzene rings is 2. The van der Waals surface area contributed by atoms with E-state index in [0.717, 1.165) is 5.56 Å². The Morgan fingerprint density at radius 1 is 1.10 bits per heavy atom. The van der Waals surface area contributed by atoms with Gasteiger partial charge < -0.3 is 14.2 Å². The van der Waals surface area contributed by atoms with Gasteiger partial charge in [-0.3, -0.25) is 9.69 Å². The molecule has 0 N–H and O–H groups in total. The molecule has 1 amide bonds. The molecule has 29 heavy (non-hydrogen) atoms. The van der Waals surface area contributed by atoms with Crippen molar-refractivity contribution in [2.75, 3.05) is 25.2 Å². The van der Waals surface area contributed by atoms with E-state index >= 15 is 0 Å². The third-order valence-electron chi connectivity index (χ3n) is 3.96. The SMILES string of the molecule is CCOC(=O)COc1ccc(/C=C2/SC(=S)N(c3ccc(OC)cc3)C2=O)cc1. The van der Waals surface area contributed by atoms with Gasteiger partial charge in [-0.05, 0) is 55.0 Å². The molecule has 1 heterocycles. The zero-order valence-corrected chi connectivity index (χ0v) is 17.5. The van der Waals surface area contributed by atoms with E-state index < -0.39 is 5.97 Å². The number of esters is 1. The van der Waals surface area contributed by atoms with Crippen LogP contribution in [0.3, 0.4) is 0 Å². The van der Waals surface area contributed by atoms with Crippen LogP contribution in [0.1, 0.15) is 12.5 Å². The van der Waals surface area contributed by atoms with Gasteiger partial charge >= 0.3 is 5.97 Å². The Morgan fingerprint density at radius 2 is 1.76 bits per heavy atom. The lowest BCUT2D eigenvalue weighted by Crippen LogP contribution is -2.27. The van der Waals surface area contributed by atoms with Gasteiger partial charge in [0.2, 0.25) is 0 Å². The molecule has 1 aliphatic heterocycles. The topological polar surface area (TPSA) is 65.1 Å². The normalized spacial score (nSPS) is 15.0. The second kappa shape index (κ2) is 9.58. The number of hydrogen-bond acceptors (Lipinski definition) is 7. The van der Waals surface area contributed by atoms with Gasteiger partial charge in [-0.2, -0.15) is 0 Å². The van der Waals surface area contributed by atoms with Gasteiger partial charge in [-0.15, -0.1) is 0 Å². The fourth-order valence-corrected chi connectivity index (χ4v) is 3.88. The number of carbonyl (C=O) groups is 2. The first-order chi connectivity index (χ1) is 14.0. The van der Waals surface area contributed by atoms with Crippen molar-refractivity contribution in [1.82, 2.24) is 0 Å². The molecule has 0 unspecified atom stereocenters. The molecular weight excluding hydrogens is 410 g/mol. The van der Waals surface area contributed by atoms with Crippen LogP contribution >= 0.6 is 24.0 Å². The number of rotatable bonds is 7. The maximum atomic E-state index is 12.8. The standard InChI is InChI=1S/C21H19NO5S2/c1-3-26-19(23)13-27-17-8-4-14(5-9-17)12-18-20(24)22(21(28)29-18)15-6-10-16(25-2)11-7-15/h4-12H,3,13H2,1-2H3/b18-12+. The summed E-state index contributed by atoms with van der Waals surface area (Å²) in [5, 5.41) is 0. The summed E-state index contributed by atoms with van der Waals surface area (Å²) in [6.07, 6.45) is 1.78. The summed E-state index contributed by atoms with van der Waals surface area (Å²) < 4.78 is 15.8. The minimum Gasteiger partial charge on any atom is -0.497 e. The predicted molar refractivity (Wildman–Crippen MR) is 117 cm³/mol. The Morgan fingerprint density at radius 3 is 2.38 bits per heavy atom. The van der Waals surface area contributed by atoms with Gasteiger partial charge in [0, 0.05) is 0 Å². The van der Waals surface area contributed by atoms with Crippen molar-refractivity contribution in [2.24, 2.45) is 0 Å². The van der Waals surface area contributed by atoms with Crippen LogP contribution in [0.2, 0.25) is 0 Å². The van der Waals surface area contributed by atoms with Crippen molar-refractivity contribution in [3.8, 4) is 11.5 Å². The molecule has 1 aliphatic rings. The number of ether oxygens (including phenoxy) is 3. The number of thiocarbonyl (C=S) groups is 1. The molecule has 0 radical (unpaired) electrons. The van der Waals surface area contributed by atoms with Gasteiger partial charge in [-0.25, -0.2) is 4.79 Å². The summed E-state index contributed by atoms with van der Waals surface area (Å²) in [5.74, 6) is 0.660. The highest BCUT2D eigenvalue weighted by Gasteiger charge is 2.33. The number of anilines is 1. The highest BCUT2D eigenvalue weighted by atomic mass is 32.2. The third kappa shape index (κ3) is 5.16. The Balaban J connectivity index is 1.69. The van der Waals surface area contributed by atoms with Crippen LogP contribution < -0.4 is 14.4 Å². The smallest absolute Gasteiger partial charge is 0.344 e. The lowest BCUT2D eigenvalue weighted by atomic mass is 10.2. The van der Waals surface area contributed by atoms with Gasteiger partial charge in [-0.1, -0.05) is 36.1 Å². The second-order valence-corrected chi connectivity index (χ2v) is 7.55. The van der Waals surface area contributed by atoms with Crippen LogP contribution in [0, 0.1) is 0 Å². The number of nitrogens with zero attached hydrogens (tertiary/aromatic N) is 1. The molecule has 0 atom stereocenters. The number of carbonyl (C=O) groups excluding carboxylic acids is 2. The van der Waals surface area contributed by atoms with E-state index in [1.807, 2.05) is 0 Å². The van der Waals surface area contributed by atoms with Gasteiger partial charge in [0.1, 0.15) is 11.5 Å². The molecule has 0 aliphatic carbocycles. The molecule has 150 valence electrons. The van der Waals surface area contributed by atoms with E-state index in [0.29, 0.717) is 33.0 Å². The molecule has 1 fully saturated rings. The van der Waals surface area contributed by atoms with Crippen LogP contribution in [-0.4, -0.2) is 36.5 Å². The van der Waals surface area contributed by atoms with E-state index in [-0.39, 0.29) is 12.5 Å². The minimum absolute atomic E-state index is 0.145. The quantitative estimate of drug-likeness (QED) is 0.374. The van der Waals surface area contributed by atoms with Crippen LogP contribution in [0.15, 0.2) is 53.4 Å². The molecule has 8 heteroatoms. The summed E-state index contributed by atoms with van der Waals surface area (Å²) >= 11 is 6.64. The summed E-state index contributed by atoms with van der Waals surface area (Å²) in [4.78, 5) is 26.2. The Hall–Kier alpha value is -2.84. The lowest BCUT2D eigenvalue weighted by Gasteiger charge is -2.14. The highest BCUT2D eigenvalue weighted by molar-refractivity contribution is 8.27. The Bertz CT molecular complexity index is 939. The molecule has 0 bridgehead atoms. The third-order valence-corrected chi connectivity index (χ3v) is 5.27. The zero-order chi connectivity index (χ0) is 20.8. The van der Waals surface area contributed by atoms with Crippen molar-refractivity contribution in [3.05, 3.63) is 59.0 Å². The van der Waals surface area contributed by atoms with Crippen LogP contribution in [-0.2, 0) is 14.3 Å². The molecule has 0 aromatic heterocycles. The van der Waals surface area contributed by atoms with Crippen molar-refractivity contribution in [2.45, 2.75) is 6.92 Å². The van der Waals surface area contributed by atoms with Crippen LogP contribution in [0.25, 0.3) is 6.08 Å². The number of thioether (sulfide) groups is 1. The molecule has 2 aromatic rings. The molecule has 1 saturated heterocycles. The first kappa shape index (κ1) is 20.9. The molecule has 2 aromatic carbocycles. The zero-order valence-electron chi connectivity index (χ0n) is 15.9. The van der Waals surface area contributed by atoms with Crippen molar-refractivity contribution >= 4 is 51.9 Å². The second-order valence-electron chi connectivity index (χ2n) is 5.88. The molecular formula is C21H19NO5S2. The van der Waals surface area contributed by atoms with Crippen molar-refractivity contribution in [1.29, 1.82) is 0 Å². The minimum atomic E-state index is -0.418. The summed E-state index contributed by atoms with van der Waals surface area (Å²) in [5.41, 5.74) is 1.52. The van der Waals surface area contributed by atoms with E-state index in [2.05, 4.69) is 0 Å². The van der Waals surface area contributed by atoms with Gasteiger partial charge in [0.05, 0.1) is 24.3 Å². The van der Waals surface area contributed by atoms with Gasteiger partial charge in [0.15, 0.2) is 10.9 Å². The fraction of sp³-hybridized carbons (Fsp3) is 0.190. The van der Waals surface area contributed by atoms with Gasteiger partial charge in [0.25, 0.3) is 5.91 Å². The van der Waals surface area contributed by atoms with Crippen LogP contribution in [0.4, 0.5) is 5.69 Å². The van der Waals surface area contributed by atoms with Crippen LogP contribution in [0.5, 0.6) is 11.5 Å². The lowest BCUT2D eigenvalue weighted by molar-refractivity contribution is -0.145. The number of amides is 1. The van der Waals surface area contributed by atoms with E-state index in [1.54, 1.807) is 68.6 Å². The molecule has 6 nitrogen and oxygen atoms in total. The Kier molecular flexibility index (Phi) is 6.90. The van der Waals surface area contributed by atoms with E-state index in [9.17, 15) is 9.59 Å². The summed E-state index contributed by atoms with van der Waals surface area (Å²) in [6, 6.07) is 14.2. The number of hydrogen-bond donors (Lipinski definition) is 0. The highest BCUT2D eigenvalue weighted by Crippen LogP contribution is 2.36. The van der Waals surface area contributed by atoms with E-state index in [1.165, 1.54) is 16.7 Å². The fourth-order valence-electron chi connectivity index (χ4n) is 2.58. The first-order valence-electron chi connectivity index (χ1n) is 8.82. The number of methoxy groups -OCH3 is 1. The predicted octanol–water partition coefficient (Wildman–Crippen LogP) is 4.04. The Labute approximate surface area is 178 Å².